The first-order chi connectivity index (χ1) is 13.4. The number of hydrogen-bond donors (Lipinski definition) is 1. The van der Waals surface area contributed by atoms with E-state index in [1.165, 1.54) is 0 Å². The van der Waals surface area contributed by atoms with Crippen LogP contribution in [0.5, 0.6) is 0 Å². The Morgan fingerprint density at radius 3 is 2.68 bits per heavy atom. The second-order valence-electron chi connectivity index (χ2n) is 7.65. The first-order valence-corrected chi connectivity index (χ1v) is 10.6. The van der Waals surface area contributed by atoms with Crippen LogP contribution in [0.2, 0.25) is 0 Å². The fraction of sp³-hybridized carbons (Fsp3) is 0.409. The Bertz CT molecular complexity index is 1070. The molecule has 6 heteroatoms. The number of aliphatic carboxylic acids is 1. The molecule has 3 aromatic heterocycles. The third kappa shape index (κ3) is 3.05. The number of aryl methyl sites for hydroxylation is 3. The van der Waals surface area contributed by atoms with Crippen LogP contribution in [-0.2, 0) is 23.2 Å². The summed E-state index contributed by atoms with van der Waals surface area (Å²) >= 11 is 1.60. The lowest BCUT2D eigenvalue weighted by Crippen LogP contribution is -2.31. The Kier molecular flexibility index (Phi) is 4.83. The van der Waals surface area contributed by atoms with E-state index in [-0.39, 0.29) is 0 Å². The summed E-state index contributed by atoms with van der Waals surface area (Å²) in [5, 5.41) is 9.84. The van der Waals surface area contributed by atoms with Gasteiger partial charge in [0, 0.05) is 21.9 Å². The monoisotopic (exact) mass is 395 g/mol. The maximum Gasteiger partial charge on any atom is 0.315 e. The lowest BCUT2D eigenvalue weighted by Gasteiger charge is -2.22. The highest BCUT2D eigenvalue weighted by Gasteiger charge is 2.42. The molecule has 0 bridgehead atoms. The van der Waals surface area contributed by atoms with Gasteiger partial charge >= 0.3 is 5.97 Å². The van der Waals surface area contributed by atoms with E-state index in [0.29, 0.717) is 19.4 Å². The zero-order chi connectivity index (χ0) is 19.9. The van der Waals surface area contributed by atoms with Crippen LogP contribution in [0.15, 0.2) is 30.4 Å². The van der Waals surface area contributed by atoms with Gasteiger partial charge in [0.05, 0.1) is 6.54 Å². The van der Waals surface area contributed by atoms with Crippen LogP contribution in [0.3, 0.4) is 0 Å². The molecule has 1 aliphatic carbocycles. The normalized spacial score (nSPS) is 15.5. The summed E-state index contributed by atoms with van der Waals surface area (Å²) < 4.78 is 2.20. The molecule has 0 saturated heterocycles. The van der Waals surface area contributed by atoms with E-state index < -0.39 is 11.4 Å². The van der Waals surface area contributed by atoms with E-state index >= 15 is 0 Å². The number of aromatic nitrogens is 3. The number of carbonyl (C=O) groups is 1. The molecule has 0 aromatic carbocycles. The standard InChI is InChI=1S/C22H25N3O2S/c1-4-7-18-24-19-14(2)12-15(3)23-20(19)25(18)13-16-8-9-17(28-16)22(21(26)27)10-5-6-11-22/h5-6,8-9,12H,4,7,10-11,13H2,1-3H3,(H,26,27). The van der Waals surface area contributed by atoms with Crippen molar-refractivity contribution in [2.75, 3.05) is 0 Å². The number of carboxylic acids is 1. The number of fused-ring (bicyclic) bond motifs is 1. The van der Waals surface area contributed by atoms with Crippen molar-refractivity contribution in [2.24, 2.45) is 0 Å². The molecule has 0 spiro atoms. The van der Waals surface area contributed by atoms with Gasteiger partial charge in [-0.3, -0.25) is 4.79 Å². The SMILES string of the molecule is CCCc1nc2c(C)cc(C)nc2n1Cc1ccc(C2(C(=O)O)CC=CC2)s1. The van der Waals surface area contributed by atoms with Crippen molar-refractivity contribution in [3.05, 3.63) is 57.2 Å². The largest absolute Gasteiger partial charge is 0.481 e. The van der Waals surface area contributed by atoms with Crippen LogP contribution in [0.25, 0.3) is 11.2 Å². The van der Waals surface area contributed by atoms with Crippen LogP contribution in [-0.4, -0.2) is 25.6 Å². The average molecular weight is 396 g/mol. The molecule has 1 N–H and O–H groups in total. The highest BCUT2D eigenvalue weighted by molar-refractivity contribution is 7.12. The van der Waals surface area contributed by atoms with E-state index in [1.54, 1.807) is 11.3 Å². The number of hydrogen-bond acceptors (Lipinski definition) is 4. The van der Waals surface area contributed by atoms with Gasteiger partial charge in [0.1, 0.15) is 16.8 Å². The first kappa shape index (κ1) is 18.9. The van der Waals surface area contributed by atoms with Gasteiger partial charge in [0.2, 0.25) is 0 Å². The third-order valence-electron chi connectivity index (χ3n) is 5.53. The molecule has 0 atom stereocenters. The molecule has 146 valence electrons. The number of imidazole rings is 1. The summed E-state index contributed by atoms with van der Waals surface area (Å²) in [7, 11) is 0. The van der Waals surface area contributed by atoms with Crippen molar-refractivity contribution in [2.45, 2.75) is 58.4 Å². The fourth-order valence-corrected chi connectivity index (χ4v) is 5.24. The van der Waals surface area contributed by atoms with Crippen LogP contribution in [0.1, 0.15) is 53.0 Å². The highest BCUT2D eigenvalue weighted by atomic mass is 32.1. The lowest BCUT2D eigenvalue weighted by molar-refractivity contribution is -0.143. The number of allylic oxidation sites excluding steroid dienone is 2. The Balaban J connectivity index is 1.74. The van der Waals surface area contributed by atoms with Crippen molar-refractivity contribution in [3.8, 4) is 0 Å². The predicted octanol–water partition coefficient (Wildman–Crippen LogP) is 4.78. The molecule has 3 aromatic rings. The van der Waals surface area contributed by atoms with Gasteiger partial charge in [-0.25, -0.2) is 9.97 Å². The smallest absolute Gasteiger partial charge is 0.315 e. The van der Waals surface area contributed by atoms with E-state index in [4.69, 9.17) is 9.97 Å². The minimum atomic E-state index is -0.794. The van der Waals surface area contributed by atoms with E-state index in [9.17, 15) is 9.90 Å². The van der Waals surface area contributed by atoms with E-state index in [1.807, 2.05) is 25.1 Å². The summed E-state index contributed by atoms with van der Waals surface area (Å²) in [5.74, 6) is 0.308. The first-order valence-electron chi connectivity index (χ1n) is 9.75. The molecule has 0 amide bonds. The van der Waals surface area contributed by atoms with Crippen LogP contribution in [0, 0.1) is 13.8 Å². The molecule has 0 radical (unpaired) electrons. The summed E-state index contributed by atoms with van der Waals surface area (Å²) in [6.07, 6.45) is 7.01. The second kappa shape index (κ2) is 7.17. The highest BCUT2D eigenvalue weighted by Crippen LogP contribution is 2.41. The Morgan fingerprint density at radius 2 is 2.00 bits per heavy atom. The van der Waals surface area contributed by atoms with Gasteiger partial charge in [-0.05, 0) is 56.9 Å². The number of thiophene rings is 1. The van der Waals surface area contributed by atoms with Crippen LogP contribution < -0.4 is 0 Å². The molecule has 1 aliphatic rings. The van der Waals surface area contributed by atoms with Crippen molar-refractivity contribution in [3.63, 3.8) is 0 Å². The van der Waals surface area contributed by atoms with E-state index in [0.717, 1.165) is 50.8 Å². The number of carboxylic acid groups (broad SMARTS) is 1. The van der Waals surface area contributed by atoms with Gasteiger partial charge in [-0.15, -0.1) is 11.3 Å². The number of rotatable bonds is 6. The second-order valence-corrected chi connectivity index (χ2v) is 8.82. The number of nitrogens with zero attached hydrogens (tertiary/aromatic N) is 3. The fourth-order valence-electron chi connectivity index (χ4n) is 4.04. The maximum absolute atomic E-state index is 12.0. The van der Waals surface area contributed by atoms with Crippen molar-refractivity contribution < 1.29 is 9.90 Å². The molecule has 4 rings (SSSR count). The summed E-state index contributed by atoms with van der Waals surface area (Å²) in [6, 6.07) is 6.12. The molecule has 3 heterocycles. The molecular formula is C22H25N3O2S. The van der Waals surface area contributed by atoms with E-state index in [2.05, 4.69) is 30.5 Å². The number of pyridine rings is 1. The molecule has 28 heavy (non-hydrogen) atoms. The van der Waals surface area contributed by atoms with Crippen molar-refractivity contribution >= 4 is 28.5 Å². The minimum Gasteiger partial charge on any atom is -0.481 e. The zero-order valence-corrected chi connectivity index (χ0v) is 17.3. The molecule has 5 nitrogen and oxygen atoms in total. The molecule has 0 saturated carbocycles. The molecule has 0 unspecified atom stereocenters. The molecule has 0 fully saturated rings. The minimum absolute atomic E-state index is 0.567. The summed E-state index contributed by atoms with van der Waals surface area (Å²) in [5.41, 5.74) is 3.23. The Labute approximate surface area is 168 Å². The van der Waals surface area contributed by atoms with Crippen LogP contribution >= 0.6 is 11.3 Å². The predicted molar refractivity (Wildman–Crippen MR) is 112 cm³/mol. The van der Waals surface area contributed by atoms with Crippen molar-refractivity contribution in [1.82, 2.24) is 14.5 Å². The molecular weight excluding hydrogens is 370 g/mol. The quantitative estimate of drug-likeness (QED) is 0.610. The average Bonchev–Trinajstić information content (AvgIpc) is 3.36. The molecule has 0 aliphatic heterocycles. The summed E-state index contributed by atoms with van der Waals surface area (Å²) in [6.45, 7) is 6.92. The summed E-state index contributed by atoms with van der Waals surface area (Å²) in [4.78, 5) is 23.7. The lowest BCUT2D eigenvalue weighted by atomic mass is 9.84. The van der Waals surface area contributed by atoms with Crippen LogP contribution in [0.4, 0.5) is 0 Å². The Morgan fingerprint density at radius 1 is 1.25 bits per heavy atom. The zero-order valence-electron chi connectivity index (χ0n) is 16.5. The van der Waals surface area contributed by atoms with Gasteiger partial charge in [0.15, 0.2) is 5.65 Å². The Hall–Kier alpha value is -2.47. The van der Waals surface area contributed by atoms with Gasteiger partial charge in [-0.1, -0.05) is 19.1 Å². The maximum atomic E-state index is 12.0. The van der Waals surface area contributed by atoms with Crippen molar-refractivity contribution in [1.29, 1.82) is 0 Å². The van der Waals surface area contributed by atoms with Gasteiger partial charge in [-0.2, -0.15) is 0 Å². The third-order valence-corrected chi connectivity index (χ3v) is 6.80. The van der Waals surface area contributed by atoms with Gasteiger partial charge in [0.25, 0.3) is 0 Å². The topological polar surface area (TPSA) is 68.0 Å². The van der Waals surface area contributed by atoms with Gasteiger partial charge < -0.3 is 9.67 Å².